The number of rotatable bonds is 9. The molecule has 38 heavy (non-hydrogen) atoms. The smallest absolute Gasteiger partial charge is 0.0153 e. The zero-order valence-corrected chi connectivity index (χ0v) is 26.3. The lowest BCUT2D eigenvalue weighted by Crippen LogP contribution is -2.04. The molecule has 0 saturated heterocycles. The SMILES string of the molecule is C=C/C(=C(C)\C(=C/C)c1cccc(C)c1C)c1cc(C)c(CC)c(C)c1.C=CCCCCC.CC1CCC1. The number of allylic oxidation sites excluding steroid dienone is 6. The van der Waals surface area contributed by atoms with Crippen LogP contribution in [0.15, 0.2) is 67.3 Å². The summed E-state index contributed by atoms with van der Waals surface area (Å²) in [5.74, 6) is 1.06. The van der Waals surface area contributed by atoms with Crippen LogP contribution in [0.4, 0.5) is 0 Å². The van der Waals surface area contributed by atoms with E-state index in [0.717, 1.165) is 12.3 Å². The molecule has 0 aromatic heterocycles. The maximum absolute atomic E-state index is 4.13. The van der Waals surface area contributed by atoms with Crippen LogP contribution in [0, 0.1) is 33.6 Å². The minimum Gasteiger partial charge on any atom is -0.103 e. The van der Waals surface area contributed by atoms with Crippen molar-refractivity contribution in [2.75, 3.05) is 0 Å². The predicted molar refractivity (Wildman–Crippen MR) is 175 cm³/mol. The highest BCUT2D eigenvalue weighted by atomic mass is 14.2. The zero-order chi connectivity index (χ0) is 28.7. The van der Waals surface area contributed by atoms with Gasteiger partial charge in [-0.3, -0.25) is 0 Å². The first-order valence-electron chi connectivity index (χ1n) is 14.9. The average Bonchev–Trinajstić information content (AvgIpc) is 2.87. The van der Waals surface area contributed by atoms with Crippen LogP contribution < -0.4 is 0 Å². The summed E-state index contributed by atoms with van der Waals surface area (Å²) in [6, 6.07) is 11.2. The Balaban J connectivity index is 0.000000493. The van der Waals surface area contributed by atoms with Crippen LogP contribution >= 0.6 is 0 Å². The highest BCUT2D eigenvalue weighted by Crippen LogP contribution is 2.34. The number of benzene rings is 2. The minimum absolute atomic E-state index is 1.06. The van der Waals surface area contributed by atoms with Gasteiger partial charge < -0.3 is 0 Å². The fourth-order valence-electron chi connectivity index (χ4n) is 5.11. The van der Waals surface area contributed by atoms with E-state index in [0.29, 0.717) is 0 Å². The summed E-state index contributed by atoms with van der Waals surface area (Å²) >= 11 is 0. The van der Waals surface area contributed by atoms with E-state index in [4.69, 9.17) is 0 Å². The van der Waals surface area contributed by atoms with Crippen molar-refractivity contribution in [3.05, 3.63) is 106 Å². The van der Waals surface area contributed by atoms with E-state index >= 15 is 0 Å². The molecule has 2 aromatic carbocycles. The largest absolute Gasteiger partial charge is 0.103 e. The summed E-state index contributed by atoms with van der Waals surface area (Å²) in [5, 5.41) is 0. The first-order valence-corrected chi connectivity index (χ1v) is 14.9. The quantitative estimate of drug-likeness (QED) is 0.178. The maximum Gasteiger partial charge on any atom is -0.0153 e. The van der Waals surface area contributed by atoms with Gasteiger partial charge in [-0.05, 0) is 122 Å². The molecule has 208 valence electrons. The summed E-state index contributed by atoms with van der Waals surface area (Å²) in [4.78, 5) is 0. The molecule has 0 nitrogen and oxygen atoms in total. The molecule has 0 unspecified atom stereocenters. The van der Waals surface area contributed by atoms with Crippen molar-refractivity contribution in [2.24, 2.45) is 5.92 Å². The fourth-order valence-corrected chi connectivity index (χ4v) is 5.11. The van der Waals surface area contributed by atoms with Crippen LogP contribution in [0.2, 0.25) is 0 Å². The van der Waals surface area contributed by atoms with E-state index in [1.165, 1.54) is 101 Å². The molecule has 1 aliphatic carbocycles. The third kappa shape index (κ3) is 9.94. The van der Waals surface area contributed by atoms with Crippen LogP contribution in [0.5, 0.6) is 0 Å². The first kappa shape index (κ1) is 33.4. The van der Waals surface area contributed by atoms with Crippen LogP contribution in [0.25, 0.3) is 11.1 Å². The molecular weight excluding hydrogens is 456 g/mol. The molecule has 3 rings (SSSR count). The van der Waals surface area contributed by atoms with Crippen LogP contribution in [-0.4, -0.2) is 0 Å². The first-order chi connectivity index (χ1) is 18.2. The Bertz CT molecular complexity index is 1060. The molecule has 0 heterocycles. The van der Waals surface area contributed by atoms with Gasteiger partial charge in [0.25, 0.3) is 0 Å². The number of hydrogen-bond donors (Lipinski definition) is 0. The van der Waals surface area contributed by atoms with Crippen LogP contribution in [-0.2, 0) is 6.42 Å². The standard InChI is InChI=1S/C26H32.C7H14.C5H10/c1-9-23-18(5)15-22(16-19(23)6)24(10-2)21(8)25(11-3)26-14-12-13-17(4)20(26)7;1-3-5-7-6-4-2;1-5-3-2-4-5/h10-16H,2,9H2,1,3-8H3;3H,1,4-7H2,2H3;5H,2-4H2,1H3/b24-21+,25-11+;;. The van der Waals surface area contributed by atoms with E-state index in [9.17, 15) is 0 Å². The van der Waals surface area contributed by atoms with Gasteiger partial charge in [-0.15, -0.1) is 6.58 Å². The van der Waals surface area contributed by atoms with Gasteiger partial charge in [0.15, 0.2) is 0 Å². The van der Waals surface area contributed by atoms with Crippen molar-refractivity contribution < 1.29 is 0 Å². The second kappa shape index (κ2) is 17.8. The Kier molecular flexibility index (Phi) is 15.7. The normalized spacial score (nSPS) is 13.8. The molecule has 0 radical (unpaired) electrons. The van der Waals surface area contributed by atoms with E-state index in [1.807, 2.05) is 12.2 Å². The summed E-state index contributed by atoms with van der Waals surface area (Å²) in [6.45, 7) is 27.7. The van der Waals surface area contributed by atoms with Crippen molar-refractivity contribution in [3.63, 3.8) is 0 Å². The number of hydrogen-bond acceptors (Lipinski definition) is 0. The van der Waals surface area contributed by atoms with Crippen molar-refractivity contribution in [1.82, 2.24) is 0 Å². The Morgan fingerprint density at radius 2 is 1.55 bits per heavy atom. The molecule has 0 N–H and O–H groups in total. The Labute approximate surface area is 236 Å². The lowest BCUT2D eigenvalue weighted by atomic mass is 9.86. The second-order valence-corrected chi connectivity index (χ2v) is 11.0. The average molecular weight is 513 g/mol. The highest BCUT2D eigenvalue weighted by molar-refractivity contribution is 5.92. The van der Waals surface area contributed by atoms with Gasteiger partial charge in [0, 0.05) is 0 Å². The van der Waals surface area contributed by atoms with Gasteiger partial charge in [0.1, 0.15) is 0 Å². The van der Waals surface area contributed by atoms with E-state index < -0.39 is 0 Å². The molecule has 0 spiro atoms. The highest BCUT2D eigenvalue weighted by Gasteiger charge is 2.13. The van der Waals surface area contributed by atoms with E-state index in [-0.39, 0.29) is 0 Å². The molecule has 1 aliphatic rings. The van der Waals surface area contributed by atoms with Gasteiger partial charge >= 0.3 is 0 Å². The van der Waals surface area contributed by atoms with Crippen molar-refractivity contribution in [3.8, 4) is 0 Å². The lowest BCUT2D eigenvalue weighted by Gasteiger charge is -2.18. The van der Waals surface area contributed by atoms with E-state index in [2.05, 4.69) is 112 Å². The van der Waals surface area contributed by atoms with Gasteiger partial charge in [0.2, 0.25) is 0 Å². The topological polar surface area (TPSA) is 0 Å². The summed E-state index contributed by atoms with van der Waals surface area (Å²) in [5.41, 5.74) is 13.2. The fraction of sp³-hybridized carbons (Fsp3) is 0.474. The third-order valence-corrected chi connectivity index (χ3v) is 7.96. The van der Waals surface area contributed by atoms with Crippen molar-refractivity contribution in [2.45, 2.75) is 114 Å². The number of aryl methyl sites for hydroxylation is 3. The summed E-state index contributed by atoms with van der Waals surface area (Å²) < 4.78 is 0. The summed E-state index contributed by atoms with van der Waals surface area (Å²) in [7, 11) is 0. The molecular formula is C38H56. The molecule has 0 bridgehead atoms. The Hall–Kier alpha value is -2.60. The predicted octanol–water partition coefficient (Wildman–Crippen LogP) is 12.1. The van der Waals surface area contributed by atoms with Crippen LogP contribution in [0.3, 0.4) is 0 Å². The molecule has 1 fully saturated rings. The van der Waals surface area contributed by atoms with Crippen LogP contribution in [0.1, 0.15) is 119 Å². The maximum atomic E-state index is 4.13. The van der Waals surface area contributed by atoms with E-state index in [1.54, 1.807) is 0 Å². The molecule has 0 aliphatic heterocycles. The Morgan fingerprint density at radius 1 is 0.947 bits per heavy atom. The second-order valence-electron chi connectivity index (χ2n) is 11.0. The molecule has 1 saturated carbocycles. The third-order valence-electron chi connectivity index (χ3n) is 7.96. The Morgan fingerprint density at radius 3 is 1.97 bits per heavy atom. The molecule has 2 aromatic rings. The monoisotopic (exact) mass is 512 g/mol. The van der Waals surface area contributed by atoms with Crippen molar-refractivity contribution >= 4 is 11.1 Å². The van der Waals surface area contributed by atoms with Gasteiger partial charge in [0.05, 0.1) is 0 Å². The van der Waals surface area contributed by atoms with Gasteiger partial charge in [-0.1, -0.05) is 108 Å². The van der Waals surface area contributed by atoms with Crippen molar-refractivity contribution in [1.29, 1.82) is 0 Å². The summed E-state index contributed by atoms with van der Waals surface area (Å²) in [6.07, 6.45) is 16.9. The molecule has 0 heteroatoms. The van der Waals surface area contributed by atoms with Gasteiger partial charge in [-0.25, -0.2) is 0 Å². The molecule has 0 amide bonds. The zero-order valence-electron chi connectivity index (χ0n) is 26.3. The molecule has 0 atom stereocenters. The minimum atomic E-state index is 1.06. The van der Waals surface area contributed by atoms with Gasteiger partial charge in [-0.2, -0.15) is 0 Å². The number of unbranched alkanes of at least 4 members (excludes halogenated alkanes) is 3. The lowest BCUT2D eigenvalue weighted by molar-refractivity contribution is 0.346.